The maximum absolute atomic E-state index is 13.2. The van der Waals surface area contributed by atoms with Crippen LogP contribution in [-0.4, -0.2) is 64.1 Å². The topological polar surface area (TPSA) is 93.2 Å². The fourth-order valence-electron chi connectivity index (χ4n) is 3.99. The number of nitrogens with zero attached hydrogens (tertiary/aromatic N) is 2. The molecule has 2 aromatic carbocycles. The van der Waals surface area contributed by atoms with E-state index in [9.17, 15) is 18.0 Å². The minimum Gasteiger partial charge on any atom is -0.452 e. The number of sulfonamides is 1. The van der Waals surface area contributed by atoms with Crippen LogP contribution in [0.3, 0.4) is 0 Å². The highest BCUT2D eigenvalue weighted by Crippen LogP contribution is 2.31. The van der Waals surface area contributed by atoms with Crippen molar-refractivity contribution in [2.45, 2.75) is 30.8 Å². The predicted octanol–water partition coefficient (Wildman–Crippen LogP) is 2.23. The van der Waals surface area contributed by atoms with Crippen LogP contribution in [0.4, 0.5) is 5.69 Å². The molecule has 0 aromatic heterocycles. The lowest BCUT2D eigenvalue weighted by atomic mass is 10.0. The van der Waals surface area contributed by atoms with E-state index in [-0.39, 0.29) is 29.1 Å². The summed E-state index contributed by atoms with van der Waals surface area (Å²) < 4.78 is 38.3. The van der Waals surface area contributed by atoms with Crippen molar-refractivity contribution in [2.24, 2.45) is 0 Å². The van der Waals surface area contributed by atoms with Crippen LogP contribution < -0.4 is 4.31 Å². The Bertz CT molecular complexity index is 1100. The van der Waals surface area contributed by atoms with Crippen molar-refractivity contribution in [3.05, 3.63) is 59.7 Å². The standard InChI is InChI=1S/C23H26N2O6S/c1-17-15-24(13-14-30-17)22(26)16-31-23(27)19-8-10-20(11-9-19)32(28,29)25-12-4-6-18-5-2-3-7-21(18)25/h2-3,5,7-11,17H,4,6,12-16H2,1H3/t17-/m0/s1. The van der Waals surface area contributed by atoms with Crippen LogP contribution >= 0.6 is 0 Å². The molecular weight excluding hydrogens is 432 g/mol. The highest BCUT2D eigenvalue weighted by molar-refractivity contribution is 7.92. The summed E-state index contributed by atoms with van der Waals surface area (Å²) in [5, 5.41) is 0. The van der Waals surface area contributed by atoms with Gasteiger partial charge in [-0.3, -0.25) is 9.10 Å². The van der Waals surface area contributed by atoms with Gasteiger partial charge in [-0.25, -0.2) is 13.2 Å². The van der Waals surface area contributed by atoms with Gasteiger partial charge >= 0.3 is 5.97 Å². The lowest BCUT2D eigenvalue weighted by molar-refractivity contribution is -0.141. The van der Waals surface area contributed by atoms with Crippen LogP contribution in [0.25, 0.3) is 0 Å². The van der Waals surface area contributed by atoms with Gasteiger partial charge in [0.15, 0.2) is 6.61 Å². The first kappa shape index (κ1) is 22.3. The Hall–Kier alpha value is -2.91. The number of hydrogen-bond acceptors (Lipinski definition) is 6. The summed E-state index contributed by atoms with van der Waals surface area (Å²) in [6.45, 7) is 3.30. The number of morpholine rings is 1. The molecule has 1 saturated heterocycles. The molecule has 2 heterocycles. The van der Waals surface area contributed by atoms with Crippen molar-refractivity contribution in [3.8, 4) is 0 Å². The molecule has 1 fully saturated rings. The van der Waals surface area contributed by atoms with Gasteiger partial charge in [-0.05, 0) is 55.7 Å². The van der Waals surface area contributed by atoms with Crippen LogP contribution in [0.15, 0.2) is 53.4 Å². The number of benzene rings is 2. The van der Waals surface area contributed by atoms with Crippen LogP contribution in [0.5, 0.6) is 0 Å². The Morgan fingerprint density at radius 3 is 2.59 bits per heavy atom. The van der Waals surface area contributed by atoms with Gasteiger partial charge in [0.2, 0.25) is 0 Å². The second-order valence-electron chi connectivity index (χ2n) is 7.93. The summed E-state index contributed by atoms with van der Waals surface area (Å²) >= 11 is 0. The molecule has 1 atom stereocenters. The molecule has 0 spiro atoms. The van der Waals surface area contributed by atoms with E-state index in [1.165, 1.54) is 28.6 Å². The van der Waals surface area contributed by atoms with Crippen molar-refractivity contribution in [1.82, 2.24) is 4.90 Å². The van der Waals surface area contributed by atoms with E-state index in [1.807, 2.05) is 31.2 Å². The van der Waals surface area contributed by atoms with E-state index in [2.05, 4.69) is 0 Å². The number of rotatable bonds is 5. The maximum Gasteiger partial charge on any atom is 0.338 e. The number of anilines is 1. The van der Waals surface area contributed by atoms with Gasteiger partial charge < -0.3 is 14.4 Å². The fraction of sp³-hybridized carbons (Fsp3) is 0.391. The summed E-state index contributed by atoms with van der Waals surface area (Å²) in [4.78, 5) is 26.3. The van der Waals surface area contributed by atoms with E-state index < -0.39 is 16.0 Å². The molecule has 9 heteroatoms. The van der Waals surface area contributed by atoms with Gasteiger partial charge in [0.05, 0.1) is 28.9 Å². The predicted molar refractivity (Wildman–Crippen MR) is 118 cm³/mol. The van der Waals surface area contributed by atoms with Gasteiger partial charge in [0, 0.05) is 19.6 Å². The Balaban J connectivity index is 1.41. The first-order chi connectivity index (χ1) is 15.4. The second-order valence-corrected chi connectivity index (χ2v) is 9.79. The number of carbonyl (C=O) groups excluding carboxylic acids is 2. The third-order valence-corrected chi connectivity index (χ3v) is 7.49. The highest BCUT2D eigenvalue weighted by atomic mass is 32.2. The zero-order valence-corrected chi connectivity index (χ0v) is 18.7. The number of hydrogen-bond donors (Lipinski definition) is 0. The molecule has 4 rings (SSSR count). The summed E-state index contributed by atoms with van der Waals surface area (Å²) in [6, 6.07) is 13.1. The summed E-state index contributed by atoms with van der Waals surface area (Å²) in [6.07, 6.45) is 1.54. The fourth-order valence-corrected chi connectivity index (χ4v) is 5.53. The van der Waals surface area contributed by atoms with Crippen molar-refractivity contribution >= 4 is 27.6 Å². The number of carbonyl (C=O) groups is 2. The summed E-state index contributed by atoms with van der Waals surface area (Å²) in [5.74, 6) is -0.955. The van der Waals surface area contributed by atoms with E-state index in [4.69, 9.17) is 9.47 Å². The number of ether oxygens (including phenoxy) is 2. The average molecular weight is 459 g/mol. The molecular formula is C23H26N2O6S. The van der Waals surface area contributed by atoms with Gasteiger partial charge in [-0.15, -0.1) is 0 Å². The molecule has 32 heavy (non-hydrogen) atoms. The number of para-hydroxylation sites is 1. The van der Waals surface area contributed by atoms with Crippen LogP contribution in [0.2, 0.25) is 0 Å². The van der Waals surface area contributed by atoms with Crippen LogP contribution in [0.1, 0.15) is 29.3 Å². The molecule has 0 aliphatic carbocycles. The molecule has 0 bridgehead atoms. The highest BCUT2D eigenvalue weighted by Gasteiger charge is 2.29. The van der Waals surface area contributed by atoms with E-state index in [1.54, 1.807) is 4.90 Å². The van der Waals surface area contributed by atoms with Crippen LogP contribution in [0, 0.1) is 0 Å². The molecule has 2 aliphatic rings. The molecule has 170 valence electrons. The zero-order chi connectivity index (χ0) is 22.7. The Morgan fingerprint density at radius 2 is 1.84 bits per heavy atom. The van der Waals surface area contributed by atoms with Gasteiger partial charge in [-0.1, -0.05) is 18.2 Å². The molecule has 0 radical (unpaired) electrons. The van der Waals surface area contributed by atoms with Gasteiger partial charge in [0.25, 0.3) is 15.9 Å². The minimum absolute atomic E-state index is 0.0511. The smallest absolute Gasteiger partial charge is 0.338 e. The second kappa shape index (κ2) is 9.30. The van der Waals surface area contributed by atoms with Crippen LogP contribution in [-0.2, 0) is 30.7 Å². The molecule has 0 unspecified atom stereocenters. The lowest BCUT2D eigenvalue weighted by Gasteiger charge is -2.31. The number of aryl methyl sites for hydroxylation is 1. The van der Waals surface area contributed by atoms with E-state index >= 15 is 0 Å². The molecule has 2 aliphatic heterocycles. The largest absolute Gasteiger partial charge is 0.452 e. The Kier molecular flexibility index (Phi) is 6.48. The third-order valence-electron chi connectivity index (χ3n) is 5.67. The zero-order valence-electron chi connectivity index (χ0n) is 17.9. The quantitative estimate of drug-likeness (QED) is 0.638. The van der Waals surface area contributed by atoms with Crippen molar-refractivity contribution < 1.29 is 27.5 Å². The molecule has 8 nitrogen and oxygen atoms in total. The number of esters is 1. The maximum atomic E-state index is 13.2. The summed E-state index contributed by atoms with van der Waals surface area (Å²) in [7, 11) is -3.75. The number of fused-ring (bicyclic) bond motifs is 1. The van der Waals surface area contributed by atoms with Gasteiger partial charge in [-0.2, -0.15) is 0 Å². The lowest BCUT2D eigenvalue weighted by Crippen LogP contribution is -2.46. The average Bonchev–Trinajstić information content (AvgIpc) is 2.82. The minimum atomic E-state index is -3.75. The molecule has 0 saturated carbocycles. The molecule has 1 amide bonds. The monoisotopic (exact) mass is 458 g/mol. The number of amides is 1. The first-order valence-electron chi connectivity index (χ1n) is 10.6. The first-order valence-corrected chi connectivity index (χ1v) is 12.1. The summed E-state index contributed by atoms with van der Waals surface area (Å²) in [5.41, 5.74) is 1.88. The van der Waals surface area contributed by atoms with Gasteiger partial charge in [0.1, 0.15) is 0 Å². The third kappa shape index (κ3) is 4.63. The van der Waals surface area contributed by atoms with E-state index in [0.717, 1.165) is 18.4 Å². The van der Waals surface area contributed by atoms with Crippen molar-refractivity contribution in [1.29, 1.82) is 0 Å². The normalized spacial score (nSPS) is 18.7. The van der Waals surface area contributed by atoms with E-state index in [0.29, 0.717) is 31.9 Å². The molecule has 2 aromatic rings. The molecule has 0 N–H and O–H groups in total. The Labute approximate surface area is 187 Å². The Morgan fingerprint density at radius 1 is 1.09 bits per heavy atom. The van der Waals surface area contributed by atoms with Crippen molar-refractivity contribution in [3.63, 3.8) is 0 Å². The SMILES string of the molecule is C[C@H]1CN(C(=O)COC(=O)c2ccc(S(=O)(=O)N3CCCc4ccccc43)cc2)CCO1. The van der Waals surface area contributed by atoms with Crippen molar-refractivity contribution in [2.75, 3.05) is 37.2 Å².